The van der Waals surface area contributed by atoms with Crippen LogP contribution in [0.1, 0.15) is 10.6 Å². The summed E-state index contributed by atoms with van der Waals surface area (Å²) in [5.74, 6) is 0.810. The van der Waals surface area contributed by atoms with Crippen molar-refractivity contribution in [2.24, 2.45) is 5.10 Å². The van der Waals surface area contributed by atoms with Crippen LogP contribution >= 0.6 is 11.3 Å². The number of benzene rings is 2. The van der Waals surface area contributed by atoms with Crippen LogP contribution in [0.2, 0.25) is 0 Å². The van der Waals surface area contributed by atoms with E-state index in [0.29, 0.717) is 11.7 Å². The van der Waals surface area contributed by atoms with Gasteiger partial charge < -0.3 is 4.74 Å². The fraction of sp³-hybridized carbons (Fsp3) is 0.118. The molecule has 0 unspecified atom stereocenters. The minimum absolute atomic E-state index is 0.516. The number of ether oxygens (including phenoxy) is 1. The second-order valence-corrected chi connectivity index (χ2v) is 6.44. The van der Waals surface area contributed by atoms with Gasteiger partial charge in [0.05, 0.1) is 25.4 Å². The molecule has 0 spiro atoms. The molecular formula is C17H15N7OS. The van der Waals surface area contributed by atoms with Gasteiger partial charge in [-0.05, 0) is 42.0 Å². The number of aromatic nitrogens is 5. The Kier molecular flexibility index (Phi) is 4.52. The molecule has 4 rings (SSSR count). The van der Waals surface area contributed by atoms with Crippen LogP contribution in [0, 0.1) is 0 Å². The lowest BCUT2D eigenvalue weighted by Crippen LogP contribution is -2.01. The Morgan fingerprint density at radius 2 is 1.96 bits per heavy atom. The third-order valence-electron chi connectivity index (χ3n) is 3.66. The maximum atomic E-state index is 5.13. The number of hydrogen-bond acceptors (Lipinski definition) is 8. The molecule has 0 aliphatic heterocycles. The van der Waals surface area contributed by atoms with Crippen molar-refractivity contribution in [1.29, 1.82) is 0 Å². The van der Waals surface area contributed by atoms with E-state index in [1.54, 1.807) is 18.0 Å². The lowest BCUT2D eigenvalue weighted by Gasteiger charge is -1.98. The second-order valence-electron chi connectivity index (χ2n) is 5.38. The summed E-state index contributed by atoms with van der Waals surface area (Å²) in [7, 11) is 1.64. The normalized spacial score (nSPS) is 11.3. The third-order valence-corrected chi connectivity index (χ3v) is 4.47. The molecule has 130 valence electrons. The van der Waals surface area contributed by atoms with Gasteiger partial charge >= 0.3 is 0 Å². The monoisotopic (exact) mass is 365 g/mol. The van der Waals surface area contributed by atoms with E-state index in [1.165, 1.54) is 11.3 Å². The van der Waals surface area contributed by atoms with Gasteiger partial charge in [-0.1, -0.05) is 28.7 Å². The number of para-hydroxylation sites is 1. The predicted molar refractivity (Wildman–Crippen MR) is 101 cm³/mol. The summed E-state index contributed by atoms with van der Waals surface area (Å²) in [4.78, 5) is 0. The summed E-state index contributed by atoms with van der Waals surface area (Å²) in [6, 6.07) is 15.4. The fourth-order valence-electron chi connectivity index (χ4n) is 2.38. The topological polar surface area (TPSA) is 90.1 Å². The molecule has 9 heteroatoms. The Morgan fingerprint density at radius 3 is 2.81 bits per heavy atom. The van der Waals surface area contributed by atoms with Crippen LogP contribution in [0.25, 0.3) is 11.0 Å². The predicted octanol–water partition coefficient (Wildman–Crippen LogP) is 2.79. The van der Waals surface area contributed by atoms with E-state index in [9.17, 15) is 0 Å². The Morgan fingerprint density at radius 1 is 1.12 bits per heavy atom. The van der Waals surface area contributed by atoms with Crippen molar-refractivity contribution in [3.8, 4) is 5.75 Å². The van der Waals surface area contributed by atoms with Gasteiger partial charge in [0.1, 0.15) is 16.3 Å². The van der Waals surface area contributed by atoms with Crippen LogP contribution in [0.4, 0.5) is 5.13 Å². The first-order valence-electron chi connectivity index (χ1n) is 7.85. The van der Waals surface area contributed by atoms with Crippen molar-refractivity contribution in [1.82, 2.24) is 25.2 Å². The maximum Gasteiger partial charge on any atom is 0.226 e. The quantitative estimate of drug-likeness (QED) is 0.417. The number of methoxy groups -OCH3 is 1. The molecule has 0 fully saturated rings. The molecule has 26 heavy (non-hydrogen) atoms. The number of nitrogens with zero attached hydrogens (tertiary/aromatic N) is 6. The van der Waals surface area contributed by atoms with Gasteiger partial charge in [0.2, 0.25) is 5.13 Å². The van der Waals surface area contributed by atoms with Crippen LogP contribution < -0.4 is 10.2 Å². The van der Waals surface area contributed by atoms with E-state index in [2.05, 4.69) is 31.0 Å². The van der Waals surface area contributed by atoms with E-state index in [0.717, 1.165) is 27.4 Å². The van der Waals surface area contributed by atoms with Crippen molar-refractivity contribution >= 4 is 33.7 Å². The first-order chi connectivity index (χ1) is 12.8. The third kappa shape index (κ3) is 3.52. The highest BCUT2D eigenvalue weighted by molar-refractivity contribution is 7.15. The lowest BCUT2D eigenvalue weighted by molar-refractivity contribution is 0.415. The molecule has 2 aromatic heterocycles. The summed E-state index contributed by atoms with van der Waals surface area (Å²) in [6.07, 6.45) is 1.71. The number of anilines is 1. The summed E-state index contributed by atoms with van der Waals surface area (Å²) in [5.41, 5.74) is 5.68. The number of rotatable bonds is 6. The van der Waals surface area contributed by atoms with Crippen LogP contribution in [0.5, 0.6) is 5.75 Å². The summed E-state index contributed by atoms with van der Waals surface area (Å²) in [5, 5.41) is 22.2. The SMILES string of the molecule is COc1ccc(/C=N/Nc2nnc(Cn3nnc4ccccc43)s2)cc1. The molecule has 0 radical (unpaired) electrons. The fourth-order valence-corrected chi connectivity index (χ4v) is 3.05. The van der Waals surface area contributed by atoms with Gasteiger partial charge in [0, 0.05) is 0 Å². The molecule has 0 amide bonds. The van der Waals surface area contributed by atoms with Gasteiger partial charge in [-0.2, -0.15) is 5.10 Å². The van der Waals surface area contributed by atoms with E-state index in [4.69, 9.17) is 4.74 Å². The number of fused-ring (bicyclic) bond motifs is 1. The highest BCUT2D eigenvalue weighted by atomic mass is 32.1. The Balaban J connectivity index is 1.40. The first-order valence-corrected chi connectivity index (χ1v) is 8.67. The van der Waals surface area contributed by atoms with Gasteiger partial charge in [-0.15, -0.1) is 15.3 Å². The molecule has 2 heterocycles. The molecule has 0 saturated carbocycles. The van der Waals surface area contributed by atoms with Crippen LogP contribution in [-0.4, -0.2) is 38.5 Å². The zero-order chi connectivity index (χ0) is 17.8. The molecule has 0 bridgehead atoms. The number of nitrogens with one attached hydrogen (secondary N) is 1. The molecular weight excluding hydrogens is 350 g/mol. The van der Waals surface area contributed by atoms with Crippen molar-refractivity contribution in [3.05, 3.63) is 59.1 Å². The Labute approximate surface area is 153 Å². The van der Waals surface area contributed by atoms with E-state index in [1.807, 2.05) is 48.5 Å². The molecule has 0 aliphatic carbocycles. The highest BCUT2D eigenvalue weighted by Crippen LogP contribution is 2.18. The van der Waals surface area contributed by atoms with Crippen LogP contribution in [0.3, 0.4) is 0 Å². The van der Waals surface area contributed by atoms with E-state index >= 15 is 0 Å². The van der Waals surface area contributed by atoms with E-state index in [-0.39, 0.29) is 0 Å². The molecule has 4 aromatic rings. The second kappa shape index (κ2) is 7.28. The van der Waals surface area contributed by atoms with Crippen molar-refractivity contribution in [3.63, 3.8) is 0 Å². The van der Waals surface area contributed by atoms with E-state index < -0.39 is 0 Å². The van der Waals surface area contributed by atoms with Crippen molar-refractivity contribution in [2.45, 2.75) is 6.54 Å². The maximum absolute atomic E-state index is 5.13. The van der Waals surface area contributed by atoms with Gasteiger partial charge in [0.15, 0.2) is 0 Å². The zero-order valence-electron chi connectivity index (χ0n) is 13.9. The molecule has 8 nitrogen and oxygen atoms in total. The smallest absolute Gasteiger partial charge is 0.226 e. The summed E-state index contributed by atoms with van der Waals surface area (Å²) < 4.78 is 6.93. The summed E-state index contributed by atoms with van der Waals surface area (Å²) >= 11 is 1.43. The van der Waals surface area contributed by atoms with Crippen LogP contribution in [-0.2, 0) is 6.54 Å². The Bertz CT molecular complexity index is 1040. The first kappa shape index (κ1) is 16.2. The van der Waals surface area contributed by atoms with Crippen molar-refractivity contribution in [2.75, 3.05) is 12.5 Å². The summed E-state index contributed by atoms with van der Waals surface area (Å²) in [6.45, 7) is 0.516. The average Bonchev–Trinajstić information content (AvgIpc) is 3.30. The lowest BCUT2D eigenvalue weighted by atomic mass is 10.2. The highest BCUT2D eigenvalue weighted by Gasteiger charge is 2.08. The molecule has 0 saturated heterocycles. The van der Waals surface area contributed by atoms with Gasteiger partial charge in [0.25, 0.3) is 0 Å². The van der Waals surface area contributed by atoms with Crippen LogP contribution in [0.15, 0.2) is 53.6 Å². The zero-order valence-corrected chi connectivity index (χ0v) is 14.7. The Hall–Kier alpha value is -3.33. The largest absolute Gasteiger partial charge is 0.497 e. The van der Waals surface area contributed by atoms with Crippen molar-refractivity contribution < 1.29 is 4.74 Å². The minimum atomic E-state index is 0.516. The van der Waals surface area contributed by atoms with Gasteiger partial charge in [-0.3, -0.25) is 5.43 Å². The molecule has 0 atom stereocenters. The standard InChI is InChI=1S/C17H15N7OS/c1-25-13-8-6-12(7-9-13)10-18-21-17-22-20-16(26-17)11-24-15-5-3-2-4-14(15)19-23-24/h2-10H,11H2,1H3,(H,21,22)/b18-10+. The minimum Gasteiger partial charge on any atom is -0.497 e. The molecule has 1 N–H and O–H groups in total. The molecule has 2 aromatic carbocycles. The number of hydrogen-bond donors (Lipinski definition) is 1. The average molecular weight is 365 g/mol. The number of hydrazone groups is 1. The molecule has 0 aliphatic rings. The van der Waals surface area contributed by atoms with Gasteiger partial charge in [-0.25, -0.2) is 4.68 Å².